The van der Waals surface area contributed by atoms with E-state index < -0.39 is 11.5 Å². The van der Waals surface area contributed by atoms with Crippen molar-refractivity contribution in [2.45, 2.75) is 5.92 Å². The van der Waals surface area contributed by atoms with Crippen LogP contribution in [0.15, 0.2) is 63.8 Å². The number of aromatic hydroxyl groups is 2. The number of fused-ring (bicyclic) bond motifs is 5. The van der Waals surface area contributed by atoms with Gasteiger partial charge in [-0.3, -0.25) is 0 Å². The van der Waals surface area contributed by atoms with Crippen LogP contribution in [0.2, 0.25) is 0 Å². The van der Waals surface area contributed by atoms with E-state index in [1.165, 1.54) is 6.07 Å². The first-order chi connectivity index (χ1) is 14.6. The summed E-state index contributed by atoms with van der Waals surface area (Å²) in [6.07, 6.45) is 0. The van der Waals surface area contributed by atoms with Gasteiger partial charge in [-0.25, -0.2) is 4.79 Å². The Morgan fingerprint density at radius 3 is 2.57 bits per heavy atom. The van der Waals surface area contributed by atoms with Crippen molar-refractivity contribution in [3.63, 3.8) is 0 Å². The van der Waals surface area contributed by atoms with E-state index in [0.717, 1.165) is 0 Å². The topological polar surface area (TPSA) is 98.4 Å². The van der Waals surface area contributed by atoms with Gasteiger partial charge in [0.2, 0.25) is 6.79 Å². The van der Waals surface area contributed by atoms with Gasteiger partial charge in [0.15, 0.2) is 23.0 Å². The Hall–Kier alpha value is -4.13. The van der Waals surface area contributed by atoms with Crippen molar-refractivity contribution in [2.24, 2.45) is 0 Å². The van der Waals surface area contributed by atoms with Crippen LogP contribution in [0, 0.1) is 0 Å². The molecule has 1 atom stereocenters. The zero-order valence-corrected chi connectivity index (χ0v) is 15.4. The summed E-state index contributed by atoms with van der Waals surface area (Å²) in [4.78, 5) is 13.1. The fourth-order valence-electron chi connectivity index (χ4n) is 4.12. The van der Waals surface area contributed by atoms with Gasteiger partial charge in [0.1, 0.15) is 17.1 Å². The fourth-order valence-corrected chi connectivity index (χ4v) is 4.12. The Balaban J connectivity index is 1.71. The highest BCUT2D eigenvalue weighted by molar-refractivity contribution is 5.86. The molecule has 2 aliphatic heterocycles. The molecule has 7 heteroatoms. The first-order valence-electron chi connectivity index (χ1n) is 9.30. The second kappa shape index (κ2) is 5.93. The standard InChI is InChI=1S/C23H14O7/c24-13-6-8-16-19(21(13)25)18(11-5-7-15-17(9-11)28-10-27-15)20-22(29-16)12-3-1-2-4-14(12)30-23(20)26/h1-9,18,24-25H,10H2. The minimum atomic E-state index is -0.744. The van der Waals surface area contributed by atoms with E-state index in [1.54, 1.807) is 42.5 Å². The normalized spacial score (nSPS) is 16.1. The van der Waals surface area contributed by atoms with Crippen LogP contribution in [-0.4, -0.2) is 17.0 Å². The van der Waals surface area contributed by atoms with E-state index in [4.69, 9.17) is 18.6 Å². The molecule has 0 radical (unpaired) electrons. The van der Waals surface area contributed by atoms with Gasteiger partial charge in [-0.15, -0.1) is 0 Å². The highest BCUT2D eigenvalue weighted by Crippen LogP contribution is 2.54. The number of ether oxygens (including phenoxy) is 3. The summed E-state index contributed by atoms with van der Waals surface area (Å²) < 4.78 is 22.5. The molecule has 0 saturated heterocycles. The lowest BCUT2D eigenvalue weighted by atomic mass is 9.82. The van der Waals surface area contributed by atoms with E-state index in [1.807, 2.05) is 6.07 Å². The van der Waals surface area contributed by atoms with Crippen LogP contribution in [0.3, 0.4) is 0 Å². The summed E-state index contributed by atoms with van der Waals surface area (Å²) in [5.41, 5.74) is 0.996. The maximum absolute atomic E-state index is 13.1. The molecule has 4 aromatic rings. The van der Waals surface area contributed by atoms with Crippen LogP contribution in [-0.2, 0) is 0 Å². The summed E-state index contributed by atoms with van der Waals surface area (Å²) in [5, 5.41) is 21.4. The Bertz CT molecular complexity index is 1400. The van der Waals surface area contributed by atoms with E-state index in [-0.39, 0.29) is 29.4 Å². The first kappa shape index (κ1) is 16.8. The minimum absolute atomic E-state index is 0.110. The average Bonchev–Trinajstić information content (AvgIpc) is 3.23. The molecule has 1 aromatic heterocycles. The van der Waals surface area contributed by atoms with E-state index in [9.17, 15) is 15.0 Å². The zero-order chi connectivity index (χ0) is 20.4. The Morgan fingerprint density at radius 1 is 0.867 bits per heavy atom. The minimum Gasteiger partial charge on any atom is -0.504 e. The fraction of sp³-hybridized carbons (Fsp3) is 0.0870. The molecule has 0 bridgehead atoms. The monoisotopic (exact) mass is 402 g/mol. The molecule has 0 spiro atoms. The molecule has 2 N–H and O–H groups in total. The summed E-state index contributed by atoms with van der Waals surface area (Å²) in [7, 11) is 0. The first-order valence-corrected chi connectivity index (χ1v) is 9.30. The third-order valence-corrected chi connectivity index (χ3v) is 5.47. The van der Waals surface area contributed by atoms with Gasteiger partial charge in [-0.05, 0) is 42.0 Å². The number of benzene rings is 3. The van der Waals surface area contributed by atoms with Gasteiger partial charge in [0, 0.05) is 0 Å². The molecule has 3 aromatic carbocycles. The number of hydrogen-bond donors (Lipinski definition) is 2. The molecule has 0 aliphatic carbocycles. The quantitative estimate of drug-likeness (QED) is 0.320. The molecule has 3 heterocycles. The van der Waals surface area contributed by atoms with Gasteiger partial charge >= 0.3 is 5.63 Å². The number of hydrogen-bond acceptors (Lipinski definition) is 7. The van der Waals surface area contributed by atoms with E-state index in [0.29, 0.717) is 39.5 Å². The van der Waals surface area contributed by atoms with Gasteiger partial charge in [-0.1, -0.05) is 18.2 Å². The molecule has 0 amide bonds. The second-order valence-corrected chi connectivity index (χ2v) is 7.12. The molecule has 1 unspecified atom stereocenters. The van der Waals surface area contributed by atoms with Crippen molar-refractivity contribution in [2.75, 3.05) is 6.79 Å². The third kappa shape index (κ3) is 2.23. The van der Waals surface area contributed by atoms with Crippen LogP contribution in [0.4, 0.5) is 0 Å². The molecular weight excluding hydrogens is 388 g/mol. The summed E-state index contributed by atoms with van der Waals surface area (Å²) in [5.74, 6) is 0.429. The second-order valence-electron chi connectivity index (χ2n) is 7.12. The number of phenols is 2. The van der Waals surface area contributed by atoms with Crippen LogP contribution >= 0.6 is 0 Å². The lowest BCUT2D eigenvalue weighted by molar-refractivity contribution is 0.174. The predicted molar refractivity (Wildman–Crippen MR) is 106 cm³/mol. The Kier molecular flexibility index (Phi) is 3.32. The van der Waals surface area contributed by atoms with E-state index >= 15 is 0 Å². The number of phenolic OH excluding ortho intramolecular Hbond substituents is 2. The molecule has 30 heavy (non-hydrogen) atoms. The summed E-state index contributed by atoms with van der Waals surface area (Å²) >= 11 is 0. The van der Waals surface area contributed by atoms with Gasteiger partial charge in [0.25, 0.3) is 0 Å². The largest absolute Gasteiger partial charge is 0.504 e. The van der Waals surface area contributed by atoms with Crippen LogP contribution < -0.4 is 19.8 Å². The van der Waals surface area contributed by atoms with Crippen molar-refractivity contribution in [3.05, 3.63) is 81.7 Å². The number of para-hydroxylation sites is 1. The summed E-state index contributed by atoms with van der Waals surface area (Å²) in [6.45, 7) is 0.110. The van der Waals surface area contributed by atoms with Crippen molar-refractivity contribution < 1.29 is 28.8 Å². The van der Waals surface area contributed by atoms with Crippen molar-refractivity contribution >= 4 is 11.0 Å². The van der Waals surface area contributed by atoms with Crippen LogP contribution in [0.1, 0.15) is 22.6 Å². The van der Waals surface area contributed by atoms with Gasteiger partial charge in [0.05, 0.1) is 22.4 Å². The summed E-state index contributed by atoms with van der Waals surface area (Å²) in [6, 6.07) is 15.3. The lowest BCUT2D eigenvalue weighted by Gasteiger charge is -2.29. The molecule has 6 rings (SSSR count). The molecule has 2 aliphatic rings. The predicted octanol–water partition coefficient (Wildman–Crippen LogP) is 4.22. The highest BCUT2D eigenvalue weighted by atomic mass is 16.7. The average molecular weight is 402 g/mol. The van der Waals surface area contributed by atoms with Crippen LogP contribution in [0.5, 0.6) is 34.5 Å². The third-order valence-electron chi connectivity index (χ3n) is 5.47. The van der Waals surface area contributed by atoms with Crippen LogP contribution in [0.25, 0.3) is 11.0 Å². The SMILES string of the molecule is O=c1oc2ccccc2c2c1C(c1ccc3c(c1)OCO3)c1c(ccc(O)c1O)O2. The van der Waals surface area contributed by atoms with E-state index in [2.05, 4.69) is 0 Å². The lowest BCUT2D eigenvalue weighted by Crippen LogP contribution is -2.20. The molecule has 0 saturated carbocycles. The molecule has 148 valence electrons. The number of rotatable bonds is 1. The smallest absolute Gasteiger partial charge is 0.344 e. The Labute approximate surface area is 169 Å². The van der Waals surface area contributed by atoms with Crippen molar-refractivity contribution in [1.29, 1.82) is 0 Å². The zero-order valence-electron chi connectivity index (χ0n) is 15.4. The maximum Gasteiger partial charge on any atom is 0.344 e. The molecular formula is C23H14O7. The van der Waals surface area contributed by atoms with Crippen molar-refractivity contribution in [1.82, 2.24) is 0 Å². The molecule has 7 nitrogen and oxygen atoms in total. The van der Waals surface area contributed by atoms with Crippen molar-refractivity contribution in [3.8, 4) is 34.5 Å². The molecule has 0 fully saturated rings. The van der Waals surface area contributed by atoms with Gasteiger partial charge in [-0.2, -0.15) is 0 Å². The Morgan fingerprint density at radius 2 is 1.67 bits per heavy atom. The highest BCUT2D eigenvalue weighted by Gasteiger charge is 2.37. The van der Waals surface area contributed by atoms with Gasteiger partial charge < -0.3 is 28.8 Å². The maximum atomic E-state index is 13.1.